The van der Waals surface area contributed by atoms with Crippen LogP contribution >= 0.6 is 0 Å². The number of benzene rings is 2. The number of hydrogen-bond acceptors (Lipinski definition) is 4. The Morgan fingerprint density at radius 3 is 2.21 bits per heavy atom. The zero-order valence-corrected chi connectivity index (χ0v) is 16.2. The van der Waals surface area contributed by atoms with Gasteiger partial charge < -0.3 is 15.0 Å². The summed E-state index contributed by atoms with van der Waals surface area (Å²) < 4.78 is 5.30. The molecule has 148 valence electrons. The third-order valence-electron chi connectivity index (χ3n) is 4.95. The van der Waals surface area contributed by atoms with E-state index in [1.54, 1.807) is 17.0 Å². The quantitative estimate of drug-likeness (QED) is 0.817. The number of rotatable bonds is 4. The Bertz CT molecular complexity index is 870. The first kappa shape index (κ1) is 19.9. The number of anilines is 1. The number of esters is 1. The number of carbonyl (C=O) groups excluding carboxylic acids is 3. The average molecular weight is 382 g/mol. The van der Waals surface area contributed by atoms with Gasteiger partial charge in [0, 0.05) is 20.0 Å². The molecule has 0 unspecified atom stereocenters. The van der Waals surface area contributed by atoms with E-state index in [1.807, 2.05) is 24.3 Å². The number of carbonyl (C=O) groups is 3. The van der Waals surface area contributed by atoms with Gasteiger partial charge >= 0.3 is 5.97 Å². The van der Waals surface area contributed by atoms with E-state index in [2.05, 4.69) is 5.32 Å². The molecule has 2 amide bonds. The van der Waals surface area contributed by atoms with Gasteiger partial charge in [-0.3, -0.25) is 9.59 Å². The molecule has 0 aliphatic carbocycles. The van der Waals surface area contributed by atoms with Gasteiger partial charge in [0.15, 0.2) is 6.61 Å². The molecule has 0 aromatic heterocycles. The smallest absolute Gasteiger partial charge is 0.340 e. The van der Waals surface area contributed by atoms with Crippen molar-refractivity contribution in [3.63, 3.8) is 0 Å². The molecule has 2 aromatic carbocycles. The number of fused-ring (bicyclic) bond motifs is 1. The molecule has 1 saturated heterocycles. The van der Waals surface area contributed by atoms with Crippen molar-refractivity contribution in [1.29, 1.82) is 0 Å². The van der Waals surface area contributed by atoms with Crippen molar-refractivity contribution in [2.24, 2.45) is 0 Å². The van der Waals surface area contributed by atoms with Crippen molar-refractivity contribution in [3.8, 4) is 0 Å². The molecule has 3 rings (SSSR count). The van der Waals surface area contributed by atoms with Gasteiger partial charge in [0.1, 0.15) is 0 Å². The molecule has 1 fully saturated rings. The minimum Gasteiger partial charge on any atom is -0.452 e. The Morgan fingerprint density at radius 2 is 1.57 bits per heavy atom. The number of nitrogens with zero attached hydrogens (tertiary/aromatic N) is 1. The molecule has 1 heterocycles. The summed E-state index contributed by atoms with van der Waals surface area (Å²) in [5.74, 6) is -1.06. The fourth-order valence-corrected chi connectivity index (χ4v) is 3.50. The van der Waals surface area contributed by atoms with Crippen LogP contribution in [0.15, 0.2) is 36.4 Å². The summed E-state index contributed by atoms with van der Waals surface area (Å²) in [6, 6.07) is 11.0. The lowest BCUT2D eigenvalue weighted by molar-refractivity contribution is -0.134. The van der Waals surface area contributed by atoms with Gasteiger partial charge in [-0.05, 0) is 35.7 Å². The molecular formula is C22H26N2O4. The van der Waals surface area contributed by atoms with E-state index >= 15 is 0 Å². The van der Waals surface area contributed by atoms with E-state index in [0.29, 0.717) is 18.8 Å². The topological polar surface area (TPSA) is 75.7 Å². The highest BCUT2D eigenvalue weighted by molar-refractivity contribution is 6.05. The number of hydrogen-bond donors (Lipinski definition) is 1. The van der Waals surface area contributed by atoms with E-state index in [1.165, 1.54) is 13.3 Å². The Balaban J connectivity index is 1.72. The highest BCUT2D eigenvalue weighted by atomic mass is 16.5. The first-order valence-electron chi connectivity index (χ1n) is 9.80. The molecule has 6 nitrogen and oxygen atoms in total. The number of nitrogens with one attached hydrogen (secondary N) is 1. The van der Waals surface area contributed by atoms with Crippen LogP contribution in [0.2, 0.25) is 0 Å². The summed E-state index contributed by atoms with van der Waals surface area (Å²) in [6.07, 6.45) is 5.43. The zero-order valence-electron chi connectivity index (χ0n) is 16.2. The first-order valence-corrected chi connectivity index (χ1v) is 9.80. The normalized spacial score (nSPS) is 14.8. The van der Waals surface area contributed by atoms with E-state index in [9.17, 15) is 14.4 Å². The third kappa shape index (κ3) is 5.09. The zero-order chi connectivity index (χ0) is 19.9. The SMILES string of the molecule is CC(=O)Nc1cc2ccccc2cc1C(=O)OCC(=O)N1CCCCCCC1. The average Bonchev–Trinajstić information content (AvgIpc) is 2.64. The molecule has 2 aromatic rings. The van der Waals surface area contributed by atoms with E-state index in [4.69, 9.17) is 4.74 Å². The summed E-state index contributed by atoms with van der Waals surface area (Å²) in [5, 5.41) is 4.44. The third-order valence-corrected chi connectivity index (χ3v) is 4.95. The molecule has 0 radical (unpaired) electrons. The molecule has 0 spiro atoms. The first-order chi connectivity index (χ1) is 13.5. The lowest BCUT2D eigenvalue weighted by atomic mass is 10.0. The van der Waals surface area contributed by atoms with Crippen molar-refractivity contribution in [3.05, 3.63) is 42.0 Å². The van der Waals surface area contributed by atoms with Crippen molar-refractivity contribution in [2.75, 3.05) is 25.0 Å². The molecule has 1 N–H and O–H groups in total. The van der Waals surface area contributed by atoms with Gasteiger partial charge in [0.05, 0.1) is 11.3 Å². The molecule has 0 saturated carbocycles. The van der Waals surface area contributed by atoms with Crippen LogP contribution in [0.25, 0.3) is 10.8 Å². The molecule has 6 heteroatoms. The standard InChI is InChI=1S/C22H26N2O4/c1-16(25)23-20-14-18-10-6-5-9-17(18)13-19(20)22(27)28-15-21(26)24-11-7-3-2-4-8-12-24/h5-6,9-10,13-14H,2-4,7-8,11-12,15H2,1H3,(H,23,25). The van der Waals surface area contributed by atoms with Crippen LogP contribution in [-0.2, 0) is 14.3 Å². The van der Waals surface area contributed by atoms with Crippen molar-refractivity contribution in [2.45, 2.75) is 39.0 Å². The summed E-state index contributed by atoms with van der Waals surface area (Å²) in [4.78, 5) is 38.4. The largest absolute Gasteiger partial charge is 0.452 e. The van der Waals surface area contributed by atoms with Gasteiger partial charge in [-0.25, -0.2) is 4.79 Å². The second-order valence-electron chi connectivity index (χ2n) is 7.15. The fraction of sp³-hybridized carbons (Fsp3) is 0.409. The highest BCUT2D eigenvalue weighted by Crippen LogP contribution is 2.25. The van der Waals surface area contributed by atoms with Gasteiger partial charge in [-0.15, -0.1) is 0 Å². The second-order valence-corrected chi connectivity index (χ2v) is 7.15. The number of amides is 2. The van der Waals surface area contributed by atoms with Crippen LogP contribution in [-0.4, -0.2) is 42.4 Å². The van der Waals surface area contributed by atoms with Crippen molar-refractivity contribution < 1.29 is 19.1 Å². The summed E-state index contributed by atoms with van der Waals surface area (Å²) in [6.45, 7) is 2.52. The number of ether oxygens (including phenoxy) is 1. The monoisotopic (exact) mass is 382 g/mol. The molecule has 0 atom stereocenters. The summed E-state index contributed by atoms with van der Waals surface area (Å²) in [7, 11) is 0. The number of likely N-dealkylation sites (tertiary alicyclic amines) is 1. The maximum atomic E-state index is 12.7. The maximum absolute atomic E-state index is 12.7. The maximum Gasteiger partial charge on any atom is 0.340 e. The Hall–Kier alpha value is -2.89. The summed E-state index contributed by atoms with van der Waals surface area (Å²) in [5.41, 5.74) is 0.629. The van der Waals surface area contributed by atoms with Crippen molar-refractivity contribution in [1.82, 2.24) is 4.90 Å². The van der Waals surface area contributed by atoms with E-state index in [-0.39, 0.29) is 24.0 Å². The Morgan fingerprint density at radius 1 is 0.964 bits per heavy atom. The predicted molar refractivity (Wildman–Crippen MR) is 108 cm³/mol. The minimum absolute atomic E-state index is 0.169. The second kappa shape index (κ2) is 9.35. The van der Waals surface area contributed by atoms with Gasteiger partial charge in [0.2, 0.25) is 5.91 Å². The minimum atomic E-state index is -0.616. The molecule has 0 bridgehead atoms. The van der Waals surface area contributed by atoms with Crippen LogP contribution < -0.4 is 5.32 Å². The van der Waals surface area contributed by atoms with Crippen LogP contribution in [0.3, 0.4) is 0 Å². The van der Waals surface area contributed by atoms with Gasteiger partial charge in [0.25, 0.3) is 5.91 Å². The molecule has 1 aliphatic rings. The lowest BCUT2D eigenvalue weighted by Crippen LogP contribution is -2.37. The Kier molecular flexibility index (Phi) is 6.63. The predicted octanol–water partition coefficient (Wildman–Crippen LogP) is 3.75. The van der Waals surface area contributed by atoms with Crippen LogP contribution in [0.5, 0.6) is 0 Å². The molecule has 1 aliphatic heterocycles. The Labute approximate surface area is 164 Å². The van der Waals surface area contributed by atoms with Gasteiger partial charge in [-0.1, -0.05) is 43.5 Å². The molecule has 28 heavy (non-hydrogen) atoms. The van der Waals surface area contributed by atoms with E-state index < -0.39 is 5.97 Å². The molecular weight excluding hydrogens is 356 g/mol. The van der Waals surface area contributed by atoms with Gasteiger partial charge in [-0.2, -0.15) is 0 Å². The fourth-order valence-electron chi connectivity index (χ4n) is 3.50. The van der Waals surface area contributed by atoms with Crippen molar-refractivity contribution >= 4 is 34.2 Å². The highest BCUT2D eigenvalue weighted by Gasteiger charge is 2.20. The van der Waals surface area contributed by atoms with Crippen LogP contribution in [0, 0.1) is 0 Å². The summed E-state index contributed by atoms with van der Waals surface area (Å²) >= 11 is 0. The lowest BCUT2D eigenvalue weighted by Gasteiger charge is -2.24. The van der Waals surface area contributed by atoms with Crippen LogP contribution in [0.1, 0.15) is 49.4 Å². The van der Waals surface area contributed by atoms with E-state index in [0.717, 1.165) is 36.5 Å². The van der Waals surface area contributed by atoms with Crippen LogP contribution in [0.4, 0.5) is 5.69 Å².